The van der Waals surface area contributed by atoms with E-state index >= 15 is 0 Å². The smallest absolute Gasteiger partial charge is 0.260 e. The van der Waals surface area contributed by atoms with E-state index in [9.17, 15) is 8.42 Å². The van der Waals surface area contributed by atoms with Gasteiger partial charge in [-0.1, -0.05) is 99.6 Å². The number of hydrogen-bond donors (Lipinski definition) is 0. The molecule has 31 heavy (non-hydrogen) atoms. The lowest BCUT2D eigenvalue weighted by atomic mass is 10.2. The van der Waals surface area contributed by atoms with Crippen molar-refractivity contribution in [2.75, 3.05) is 6.61 Å². The van der Waals surface area contributed by atoms with Crippen LogP contribution in [0.2, 0.25) is 5.04 Å². The van der Waals surface area contributed by atoms with Crippen LogP contribution in [-0.4, -0.2) is 29.4 Å². The second-order valence-corrected chi connectivity index (χ2v) is 14.9. The summed E-state index contributed by atoms with van der Waals surface area (Å²) in [4.78, 5) is 0.248. The molecule has 1 aliphatic heterocycles. The summed E-state index contributed by atoms with van der Waals surface area (Å²) in [5, 5.41) is 2.13. The fraction of sp³-hybridized carbons (Fsp3) is 0.240. The summed E-state index contributed by atoms with van der Waals surface area (Å²) in [5.74, 6) is 0. The zero-order valence-corrected chi connectivity index (χ0v) is 19.8. The van der Waals surface area contributed by atoms with E-state index in [2.05, 4.69) is 45.0 Å². The van der Waals surface area contributed by atoms with Crippen molar-refractivity contribution in [3.63, 3.8) is 0 Å². The van der Waals surface area contributed by atoms with Crippen LogP contribution < -0.4 is 10.4 Å². The molecule has 6 heteroatoms. The summed E-state index contributed by atoms with van der Waals surface area (Å²) in [6.07, 6.45) is -0.549. The van der Waals surface area contributed by atoms with E-state index in [1.165, 1.54) is 0 Å². The minimum atomic E-state index is -3.62. The van der Waals surface area contributed by atoms with Gasteiger partial charge in [0.2, 0.25) is 0 Å². The molecule has 0 radical (unpaired) electrons. The predicted octanol–water partition coefficient (Wildman–Crippen LogP) is 3.93. The van der Waals surface area contributed by atoms with E-state index in [-0.39, 0.29) is 22.0 Å². The van der Waals surface area contributed by atoms with Crippen LogP contribution in [-0.2, 0) is 19.0 Å². The van der Waals surface area contributed by atoms with Crippen molar-refractivity contribution in [1.29, 1.82) is 0 Å². The van der Waals surface area contributed by atoms with Crippen LogP contribution in [0.25, 0.3) is 0 Å². The van der Waals surface area contributed by atoms with E-state index in [1.54, 1.807) is 30.3 Å². The Morgan fingerprint density at radius 2 is 1.29 bits per heavy atom. The SMILES string of the molecule is CC(C)(C)[Si](OC[C@H]1O[C-]1S(=O)(=O)c1ccccc1)(c1ccccc1)c1ccccc1. The van der Waals surface area contributed by atoms with Crippen LogP contribution in [0.3, 0.4) is 0 Å². The van der Waals surface area contributed by atoms with Gasteiger partial charge in [0.25, 0.3) is 8.32 Å². The maximum absolute atomic E-state index is 12.9. The maximum Gasteiger partial charge on any atom is 0.260 e. The fourth-order valence-electron chi connectivity index (χ4n) is 4.12. The van der Waals surface area contributed by atoms with Gasteiger partial charge >= 0.3 is 0 Å². The second-order valence-electron chi connectivity index (χ2n) is 8.72. The van der Waals surface area contributed by atoms with Crippen molar-refractivity contribution in [3.8, 4) is 0 Å². The molecule has 0 unspecified atom stereocenters. The Bertz CT molecular complexity index is 1070. The van der Waals surface area contributed by atoms with Gasteiger partial charge in [-0.3, -0.25) is 8.42 Å². The molecule has 0 N–H and O–H groups in total. The highest BCUT2D eigenvalue weighted by Crippen LogP contribution is 2.42. The zero-order chi connectivity index (χ0) is 22.1. The number of epoxide rings is 1. The third-order valence-electron chi connectivity index (χ3n) is 5.65. The molecule has 1 fully saturated rings. The van der Waals surface area contributed by atoms with E-state index in [1.807, 2.05) is 36.4 Å². The Labute approximate surface area is 185 Å². The summed E-state index contributed by atoms with van der Waals surface area (Å²) in [6, 6.07) is 29.0. The lowest BCUT2D eigenvalue weighted by molar-refractivity contribution is 0.250. The van der Waals surface area contributed by atoms with Gasteiger partial charge in [-0.05, 0) is 39.1 Å². The molecule has 0 spiro atoms. The number of hydrogen-bond acceptors (Lipinski definition) is 4. The van der Waals surface area contributed by atoms with Crippen molar-refractivity contribution in [1.82, 2.24) is 0 Å². The minimum Gasteiger partial charge on any atom is -0.548 e. The van der Waals surface area contributed by atoms with Crippen LogP contribution >= 0.6 is 0 Å². The number of benzene rings is 3. The van der Waals surface area contributed by atoms with Crippen molar-refractivity contribution < 1.29 is 17.6 Å². The molecule has 1 saturated heterocycles. The molecule has 0 saturated carbocycles. The highest BCUT2D eigenvalue weighted by Gasteiger charge is 2.51. The molecular weight excluding hydrogens is 424 g/mol. The predicted molar refractivity (Wildman–Crippen MR) is 125 cm³/mol. The van der Waals surface area contributed by atoms with Gasteiger partial charge in [-0.15, -0.1) is 0 Å². The summed E-state index contributed by atoms with van der Waals surface area (Å²) in [5.41, 5.74) is 0.0941. The van der Waals surface area contributed by atoms with Crippen LogP contribution in [0.1, 0.15) is 20.8 Å². The average molecular weight is 452 g/mol. The first-order valence-electron chi connectivity index (χ1n) is 10.4. The van der Waals surface area contributed by atoms with Crippen molar-refractivity contribution in [2.24, 2.45) is 0 Å². The fourth-order valence-corrected chi connectivity index (χ4v) is 10.1. The van der Waals surface area contributed by atoms with E-state index in [0.29, 0.717) is 0 Å². The van der Waals surface area contributed by atoms with Gasteiger partial charge in [0.1, 0.15) is 0 Å². The zero-order valence-electron chi connectivity index (χ0n) is 18.0. The molecule has 0 amide bonds. The lowest BCUT2D eigenvalue weighted by Gasteiger charge is -2.43. The molecule has 4 nitrogen and oxygen atoms in total. The standard InChI is InChI=1S/C25H27O4SSi/c1-25(2,3)31(21-15-9-5-10-16-21,22-17-11-6-12-18-22)28-19-23-24(29-23)30(26,27)20-13-7-4-8-14-20/h4-18,23H,19H2,1-3H3/q-1/t23-/m1/s1. The topological polar surface area (TPSA) is 55.9 Å². The summed E-state index contributed by atoms with van der Waals surface area (Å²) in [6.45, 7) is 6.78. The van der Waals surface area contributed by atoms with Crippen LogP contribution in [0.15, 0.2) is 95.9 Å². The minimum absolute atomic E-state index is 0.0941. The van der Waals surface area contributed by atoms with Gasteiger partial charge < -0.3 is 9.16 Å². The Kier molecular flexibility index (Phi) is 5.92. The molecule has 1 atom stereocenters. The number of sulfone groups is 1. The van der Waals surface area contributed by atoms with Gasteiger partial charge in [0.15, 0.2) is 0 Å². The van der Waals surface area contributed by atoms with E-state index < -0.39 is 24.3 Å². The maximum atomic E-state index is 12.9. The Balaban J connectivity index is 1.64. The highest BCUT2D eigenvalue weighted by atomic mass is 32.2. The molecule has 3 aromatic rings. The number of ether oxygens (including phenoxy) is 1. The molecule has 162 valence electrons. The monoisotopic (exact) mass is 451 g/mol. The van der Waals surface area contributed by atoms with Crippen molar-refractivity contribution >= 4 is 28.5 Å². The summed E-state index contributed by atoms with van der Waals surface area (Å²) in [7, 11) is -6.35. The van der Waals surface area contributed by atoms with Gasteiger partial charge in [-0.2, -0.15) is 0 Å². The van der Waals surface area contributed by atoms with Crippen molar-refractivity contribution in [3.05, 3.63) is 96.4 Å². The van der Waals surface area contributed by atoms with Gasteiger partial charge in [0, 0.05) is 11.5 Å². The highest BCUT2D eigenvalue weighted by molar-refractivity contribution is 7.94. The molecule has 3 aromatic carbocycles. The third kappa shape index (κ3) is 4.13. The first-order valence-corrected chi connectivity index (χ1v) is 13.7. The molecule has 1 heterocycles. The van der Waals surface area contributed by atoms with Crippen molar-refractivity contribution in [2.45, 2.75) is 36.8 Å². The molecule has 0 aromatic heterocycles. The van der Waals surface area contributed by atoms with Gasteiger partial charge in [-0.25, -0.2) is 0 Å². The first-order chi connectivity index (χ1) is 14.8. The second kappa shape index (κ2) is 8.35. The van der Waals surface area contributed by atoms with Crippen LogP contribution in [0, 0.1) is 5.44 Å². The first kappa shape index (κ1) is 22.0. The Morgan fingerprint density at radius 1 is 0.839 bits per heavy atom. The molecule has 1 aliphatic rings. The van der Waals surface area contributed by atoms with E-state index in [0.717, 1.165) is 10.4 Å². The van der Waals surface area contributed by atoms with Crippen LogP contribution in [0.4, 0.5) is 0 Å². The summed E-state index contributed by atoms with van der Waals surface area (Å²) >= 11 is 0. The quantitative estimate of drug-likeness (QED) is 0.310. The Hall–Kier alpha value is -2.25. The molecule has 0 bridgehead atoms. The molecular formula is C25H27O4SSi-. The third-order valence-corrected chi connectivity index (χ3v) is 12.4. The Morgan fingerprint density at radius 3 is 1.74 bits per heavy atom. The normalized spacial score (nSPS) is 17.5. The van der Waals surface area contributed by atoms with Crippen LogP contribution in [0.5, 0.6) is 0 Å². The van der Waals surface area contributed by atoms with E-state index in [4.69, 9.17) is 9.16 Å². The largest absolute Gasteiger partial charge is 0.548 e. The van der Waals surface area contributed by atoms with Gasteiger partial charge in [0.05, 0.1) is 9.84 Å². The number of rotatable bonds is 7. The molecule has 4 rings (SSSR count). The lowest BCUT2D eigenvalue weighted by Crippen LogP contribution is -2.66. The molecule has 0 aliphatic carbocycles. The average Bonchev–Trinajstić information content (AvgIpc) is 3.56. The summed E-state index contributed by atoms with van der Waals surface area (Å²) < 4.78 is 38.0.